The molecular formula is C24H27N7O3. The molecule has 1 unspecified atom stereocenters. The van der Waals surface area contributed by atoms with E-state index in [9.17, 15) is 0 Å². The van der Waals surface area contributed by atoms with Crippen LogP contribution in [0.15, 0.2) is 35.0 Å². The van der Waals surface area contributed by atoms with Crippen molar-refractivity contribution in [2.75, 3.05) is 31.3 Å². The number of anilines is 1. The third kappa shape index (κ3) is 3.72. The number of fused-ring (bicyclic) bond motifs is 1. The van der Waals surface area contributed by atoms with Crippen LogP contribution in [0.25, 0.3) is 33.7 Å². The molecule has 2 atom stereocenters. The Kier molecular flexibility index (Phi) is 5.46. The Balaban J connectivity index is 1.56. The molecule has 0 amide bonds. The summed E-state index contributed by atoms with van der Waals surface area (Å²) >= 11 is 0. The van der Waals surface area contributed by atoms with Crippen molar-refractivity contribution in [3.8, 4) is 22.8 Å². The predicted octanol–water partition coefficient (Wildman–Crippen LogP) is 3.78. The van der Waals surface area contributed by atoms with E-state index >= 15 is 0 Å². The number of pyridine rings is 2. The van der Waals surface area contributed by atoms with Gasteiger partial charge in [0.05, 0.1) is 30.5 Å². The first-order valence-electron chi connectivity index (χ1n) is 11.8. The van der Waals surface area contributed by atoms with Crippen molar-refractivity contribution in [1.29, 1.82) is 0 Å². The number of hydrogen-bond donors (Lipinski definition) is 0. The third-order valence-corrected chi connectivity index (χ3v) is 6.47. The highest BCUT2D eigenvalue weighted by Crippen LogP contribution is 2.36. The Bertz CT molecular complexity index is 1310. The summed E-state index contributed by atoms with van der Waals surface area (Å²) in [4.78, 5) is 12.1. The van der Waals surface area contributed by atoms with Gasteiger partial charge in [0, 0.05) is 37.9 Å². The Morgan fingerprint density at radius 2 is 2.03 bits per heavy atom. The average Bonchev–Trinajstić information content (AvgIpc) is 3.53. The lowest BCUT2D eigenvalue weighted by molar-refractivity contribution is -0.0383. The van der Waals surface area contributed by atoms with Crippen molar-refractivity contribution in [1.82, 2.24) is 29.9 Å². The average molecular weight is 462 g/mol. The lowest BCUT2D eigenvalue weighted by atomic mass is 10.1. The highest BCUT2D eigenvalue weighted by atomic mass is 16.5. The molecule has 2 aliphatic heterocycles. The van der Waals surface area contributed by atoms with Crippen molar-refractivity contribution in [2.45, 2.75) is 45.4 Å². The molecule has 2 fully saturated rings. The molecule has 2 saturated heterocycles. The summed E-state index contributed by atoms with van der Waals surface area (Å²) in [5.41, 5.74) is 3.24. The molecule has 0 N–H and O–H groups in total. The van der Waals surface area contributed by atoms with Gasteiger partial charge in [-0.25, -0.2) is 9.67 Å². The zero-order valence-corrected chi connectivity index (χ0v) is 19.3. The van der Waals surface area contributed by atoms with Gasteiger partial charge in [-0.15, -0.1) is 10.2 Å². The third-order valence-electron chi connectivity index (χ3n) is 6.47. The Labute approximate surface area is 196 Å². The lowest BCUT2D eigenvalue weighted by Crippen LogP contribution is -2.44. The van der Waals surface area contributed by atoms with E-state index in [0.717, 1.165) is 66.1 Å². The standard InChI is InChI=1S/C24H27N7O3/c1-15-14-32-12-10-30(15)20-13-18(24-29-28-16(2)34-24)17-6-8-25-23(22(17)27-20)19-7-9-26-31(19)21-5-3-4-11-33-21/h6-9,13,15,21H,3-5,10-12,14H2,1-2H3/t15-,21?/m1/s1. The van der Waals surface area contributed by atoms with E-state index in [1.165, 1.54) is 0 Å². The van der Waals surface area contributed by atoms with Crippen molar-refractivity contribution in [2.24, 2.45) is 0 Å². The molecular weight excluding hydrogens is 434 g/mol. The van der Waals surface area contributed by atoms with Gasteiger partial charge >= 0.3 is 0 Å². The first-order valence-corrected chi connectivity index (χ1v) is 11.8. The van der Waals surface area contributed by atoms with Crippen molar-refractivity contribution < 1.29 is 13.9 Å². The maximum absolute atomic E-state index is 6.02. The molecule has 10 heteroatoms. The van der Waals surface area contributed by atoms with Gasteiger partial charge < -0.3 is 18.8 Å². The van der Waals surface area contributed by atoms with Crippen molar-refractivity contribution in [3.05, 3.63) is 36.5 Å². The first kappa shape index (κ1) is 21.2. The van der Waals surface area contributed by atoms with Crippen LogP contribution in [0.1, 0.15) is 38.3 Å². The van der Waals surface area contributed by atoms with Crippen LogP contribution in [-0.2, 0) is 9.47 Å². The highest BCUT2D eigenvalue weighted by Gasteiger charge is 2.26. The largest absolute Gasteiger partial charge is 0.421 e. The minimum Gasteiger partial charge on any atom is -0.421 e. The second-order valence-electron chi connectivity index (χ2n) is 8.81. The van der Waals surface area contributed by atoms with E-state index in [0.29, 0.717) is 25.0 Å². The van der Waals surface area contributed by atoms with Crippen LogP contribution >= 0.6 is 0 Å². The van der Waals surface area contributed by atoms with Gasteiger partial charge in [0.2, 0.25) is 11.8 Å². The monoisotopic (exact) mass is 461 g/mol. The van der Waals surface area contributed by atoms with E-state index < -0.39 is 0 Å². The number of nitrogens with zero attached hydrogens (tertiary/aromatic N) is 7. The molecule has 6 rings (SSSR count). The minimum absolute atomic E-state index is 0.101. The van der Waals surface area contributed by atoms with Gasteiger partial charge in [-0.3, -0.25) is 4.98 Å². The number of hydrogen-bond acceptors (Lipinski definition) is 9. The summed E-state index contributed by atoms with van der Waals surface area (Å²) < 4.78 is 19.5. The topological polar surface area (TPSA) is 104 Å². The molecule has 34 heavy (non-hydrogen) atoms. The predicted molar refractivity (Wildman–Crippen MR) is 125 cm³/mol. The van der Waals surface area contributed by atoms with E-state index in [1.807, 2.05) is 22.9 Å². The molecule has 4 aromatic rings. The van der Waals surface area contributed by atoms with Crippen LogP contribution < -0.4 is 4.90 Å². The molecule has 176 valence electrons. The summed E-state index contributed by atoms with van der Waals surface area (Å²) in [6.07, 6.45) is 6.61. The fourth-order valence-electron chi connectivity index (χ4n) is 4.77. The molecule has 0 spiro atoms. The van der Waals surface area contributed by atoms with Crippen molar-refractivity contribution >= 4 is 16.7 Å². The van der Waals surface area contributed by atoms with Gasteiger partial charge in [-0.05, 0) is 44.4 Å². The fourth-order valence-corrected chi connectivity index (χ4v) is 4.77. The smallest absolute Gasteiger partial charge is 0.248 e. The zero-order valence-electron chi connectivity index (χ0n) is 19.3. The Morgan fingerprint density at radius 1 is 1.09 bits per heavy atom. The molecule has 0 aromatic carbocycles. The maximum Gasteiger partial charge on any atom is 0.248 e. The van der Waals surface area contributed by atoms with E-state index in [2.05, 4.69) is 27.1 Å². The quantitative estimate of drug-likeness (QED) is 0.449. The molecule has 0 aliphatic carbocycles. The van der Waals surface area contributed by atoms with Crippen molar-refractivity contribution in [3.63, 3.8) is 0 Å². The number of aryl methyl sites for hydroxylation is 1. The minimum atomic E-state index is -0.101. The molecule has 10 nitrogen and oxygen atoms in total. The van der Waals surface area contributed by atoms with E-state index in [-0.39, 0.29) is 12.3 Å². The Hall–Kier alpha value is -3.37. The zero-order chi connectivity index (χ0) is 23.1. The molecule has 0 saturated carbocycles. The molecule has 4 aromatic heterocycles. The van der Waals surface area contributed by atoms with Crippen LogP contribution in [0.3, 0.4) is 0 Å². The summed E-state index contributed by atoms with van der Waals surface area (Å²) in [5.74, 6) is 1.82. The van der Waals surface area contributed by atoms with Gasteiger partial charge in [0.1, 0.15) is 17.0 Å². The molecule has 2 aliphatic rings. The van der Waals surface area contributed by atoms with Crippen LogP contribution in [0, 0.1) is 6.92 Å². The van der Waals surface area contributed by atoms with Gasteiger partial charge in [0.25, 0.3) is 0 Å². The number of morpholine rings is 1. The van der Waals surface area contributed by atoms with E-state index in [4.69, 9.17) is 23.9 Å². The summed E-state index contributed by atoms with van der Waals surface area (Å²) in [7, 11) is 0. The molecule has 0 radical (unpaired) electrons. The number of ether oxygens (including phenoxy) is 2. The van der Waals surface area contributed by atoms with Crippen LogP contribution in [-0.4, -0.2) is 62.4 Å². The normalized spacial score (nSPS) is 21.3. The first-order chi connectivity index (χ1) is 16.7. The summed E-state index contributed by atoms with van der Waals surface area (Å²) in [6.45, 7) is 6.74. The second-order valence-corrected chi connectivity index (χ2v) is 8.81. The van der Waals surface area contributed by atoms with Crippen LogP contribution in [0.2, 0.25) is 0 Å². The highest BCUT2D eigenvalue weighted by molar-refractivity contribution is 6.00. The summed E-state index contributed by atoms with van der Waals surface area (Å²) in [6, 6.07) is 6.15. The van der Waals surface area contributed by atoms with Gasteiger partial charge in [-0.1, -0.05) is 0 Å². The fraction of sp³-hybridized carbons (Fsp3) is 0.458. The van der Waals surface area contributed by atoms with E-state index in [1.54, 1.807) is 19.3 Å². The SMILES string of the molecule is Cc1nnc(-c2cc(N3CCOC[C@H]3C)nc3c(-c4ccnn4C4CCCCO4)nccc23)o1. The number of rotatable bonds is 4. The van der Waals surface area contributed by atoms with Crippen LogP contribution in [0.4, 0.5) is 5.82 Å². The van der Waals surface area contributed by atoms with Gasteiger partial charge in [0.15, 0.2) is 6.23 Å². The maximum atomic E-state index is 6.02. The summed E-state index contributed by atoms with van der Waals surface area (Å²) in [5, 5.41) is 13.9. The number of aromatic nitrogens is 6. The molecule has 0 bridgehead atoms. The molecule has 6 heterocycles. The lowest BCUT2D eigenvalue weighted by Gasteiger charge is -2.34. The second kappa shape index (κ2) is 8.77. The Morgan fingerprint density at radius 3 is 2.82 bits per heavy atom. The van der Waals surface area contributed by atoms with Crippen LogP contribution in [0.5, 0.6) is 0 Å². The van der Waals surface area contributed by atoms with Gasteiger partial charge in [-0.2, -0.15) is 5.10 Å².